The summed E-state index contributed by atoms with van der Waals surface area (Å²) in [5, 5.41) is 2.55. The Balaban J connectivity index is 1.29. The minimum atomic E-state index is -0.830. The lowest BCUT2D eigenvalue weighted by molar-refractivity contribution is -0.146. The molecule has 0 bridgehead atoms. The van der Waals surface area contributed by atoms with Gasteiger partial charge in [-0.05, 0) is 46.9 Å². The van der Waals surface area contributed by atoms with Gasteiger partial charge in [0.25, 0.3) is 0 Å². The third kappa shape index (κ3) is 4.59. The molecule has 1 aliphatic carbocycles. The second-order valence-corrected chi connectivity index (χ2v) is 7.65. The standard InChI is InChI=1S/C26H25NO5/c1-17(25(28)31-15-18-11-13-19(30-2)14-12-18)27-26(29)32-16-24-22-9-5-3-7-20(22)21-8-4-6-10-23(21)24/h3-14,17,24H,15-16H2,1-2H3,(H,27,29)/t17-/m0/s1. The van der Waals surface area contributed by atoms with Crippen LogP contribution in [0.4, 0.5) is 4.79 Å². The number of esters is 1. The van der Waals surface area contributed by atoms with Gasteiger partial charge in [0.15, 0.2) is 0 Å². The predicted octanol–water partition coefficient (Wildman–Crippen LogP) is 4.67. The van der Waals surface area contributed by atoms with Crippen LogP contribution in [0.3, 0.4) is 0 Å². The highest BCUT2D eigenvalue weighted by Gasteiger charge is 2.29. The molecule has 0 aliphatic heterocycles. The molecule has 6 heteroatoms. The molecular formula is C26H25NO5. The number of hydrogen-bond donors (Lipinski definition) is 1. The van der Waals surface area contributed by atoms with Crippen LogP contribution in [0.5, 0.6) is 5.75 Å². The Bertz CT molecular complexity index is 1060. The van der Waals surface area contributed by atoms with Gasteiger partial charge in [0.1, 0.15) is 25.0 Å². The molecule has 3 aromatic carbocycles. The van der Waals surface area contributed by atoms with Crippen molar-refractivity contribution in [3.05, 3.63) is 89.5 Å². The molecule has 0 unspecified atom stereocenters. The lowest BCUT2D eigenvalue weighted by Crippen LogP contribution is -2.40. The number of amides is 1. The first-order chi connectivity index (χ1) is 15.6. The zero-order valence-corrected chi connectivity index (χ0v) is 18.0. The fraction of sp³-hybridized carbons (Fsp3) is 0.231. The molecule has 1 aliphatic rings. The number of nitrogens with one attached hydrogen (secondary N) is 1. The SMILES string of the molecule is COc1ccc(COC(=O)[C@H](C)NC(=O)OCC2c3ccccc3-c3ccccc32)cc1. The molecule has 0 saturated carbocycles. The van der Waals surface area contributed by atoms with Crippen LogP contribution < -0.4 is 10.1 Å². The lowest BCUT2D eigenvalue weighted by atomic mass is 9.98. The molecular weight excluding hydrogens is 406 g/mol. The second kappa shape index (κ2) is 9.56. The largest absolute Gasteiger partial charge is 0.497 e. The van der Waals surface area contributed by atoms with E-state index < -0.39 is 18.1 Å². The van der Waals surface area contributed by atoms with Gasteiger partial charge in [0.2, 0.25) is 0 Å². The van der Waals surface area contributed by atoms with Crippen molar-refractivity contribution in [2.75, 3.05) is 13.7 Å². The average Bonchev–Trinajstić information content (AvgIpc) is 3.15. The molecule has 0 spiro atoms. The molecule has 4 rings (SSSR count). The first kappa shape index (κ1) is 21.4. The Hall–Kier alpha value is -3.80. The van der Waals surface area contributed by atoms with E-state index in [0.29, 0.717) is 0 Å². The first-order valence-electron chi connectivity index (χ1n) is 10.5. The first-order valence-corrected chi connectivity index (χ1v) is 10.5. The quantitative estimate of drug-likeness (QED) is 0.551. The van der Waals surface area contributed by atoms with Crippen LogP contribution in [-0.2, 0) is 20.9 Å². The monoisotopic (exact) mass is 431 g/mol. The molecule has 3 aromatic rings. The number of benzene rings is 3. The third-order valence-electron chi connectivity index (χ3n) is 5.57. The van der Waals surface area contributed by atoms with Gasteiger partial charge >= 0.3 is 12.1 Å². The minimum Gasteiger partial charge on any atom is -0.497 e. The van der Waals surface area contributed by atoms with Gasteiger partial charge in [-0.3, -0.25) is 0 Å². The molecule has 1 N–H and O–H groups in total. The van der Waals surface area contributed by atoms with Crippen molar-refractivity contribution in [2.24, 2.45) is 0 Å². The number of ether oxygens (including phenoxy) is 3. The normalized spacial score (nSPS) is 12.9. The molecule has 0 heterocycles. The number of fused-ring (bicyclic) bond motifs is 3. The van der Waals surface area contributed by atoms with Crippen LogP contribution in [0.2, 0.25) is 0 Å². The van der Waals surface area contributed by atoms with Crippen LogP contribution in [0.25, 0.3) is 11.1 Å². The van der Waals surface area contributed by atoms with Crippen molar-refractivity contribution in [2.45, 2.75) is 25.5 Å². The summed E-state index contributed by atoms with van der Waals surface area (Å²) in [6.07, 6.45) is -0.652. The second-order valence-electron chi connectivity index (χ2n) is 7.65. The molecule has 0 aromatic heterocycles. The van der Waals surface area contributed by atoms with Gasteiger partial charge in [-0.1, -0.05) is 60.7 Å². The van der Waals surface area contributed by atoms with E-state index in [0.717, 1.165) is 33.6 Å². The molecule has 1 amide bonds. The highest BCUT2D eigenvalue weighted by atomic mass is 16.6. The summed E-state index contributed by atoms with van der Waals surface area (Å²) in [4.78, 5) is 24.6. The summed E-state index contributed by atoms with van der Waals surface area (Å²) in [7, 11) is 1.59. The molecule has 164 valence electrons. The number of carbonyl (C=O) groups excluding carboxylic acids is 2. The number of rotatable bonds is 7. The molecule has 1 atom stereocenters. The smallest absolute Gasteiger partial charge is 0.407 e. The number of carbonyl (C=O) groups is 2. The van der Waals surface area contributed by atoms with E-state index in [2.05, 4.69) is 29.6 Å². The molecule has 0 saturated heterocycles. The van der Waals surface area contributed by atoms with Crippen molar-refractivity contribution < 1.29 is 23.8 Å². The Morgan fingerprint density at radius 2 is 1.47 bits per heavy atom. The maximum Gasteiger partial charge on any atom is 0.407 e. The Morgan fingerprint density at radius 1 is 0.875 bits per heavy atom. The number of hydrogen-bond acceptors (Lipinski definition) is 5. The van der Waals surface area contributed by atoms with Gasteiger partial charge in [0.05, 0.1) is 7.11 Å². The zero-order valence-electron chi connectivity index (χ0n) is 18.0. The van der Waals surface area contributed by atoms with Gasteiger partial charge in [-0.2, -0.15) is 0 Å². The van der Waals surface area contributed by atoms with Crippen LogP contribution in [-0.4, -0.2) is 31.8 Å². The van der Waals surface area contributed by atoms with Crippen LogP contribution in [0, 0.1) is 0 Å². The molecule has 0 radical (unpaired) electrons. The van der Waals surface area contributed by atoms with Crippen LogP contribution in [0.15, 0.2) is 72.8 Å². The predicted molar refractivity (Wildman–Crippen MR) is 120 cm³/mol. The number of methoxy groups -OCH3 is 1. The topological polar surface area (TPSA) is 73.9 Å². The highest BCUT2D eigenvalue weighted by molar-refractivity contribution is 5.81. The van der Waals surface area contributed by atoms with Crippen molar-refractivity contribution in [3.8, 4) is 16.9 Å². The van der Waals surface area contributed by atoms with E-state index in [-0.39, 0.29) is 19.1 Å². The summed E-state index contributed by atoms with van der Waals surface area (Å²) in [6, 6.07) is 22.6. The van der Waals surface area contributed by atoms with E-state index in [9.17, 15) is 9.59 Å². The van der Waals surface area contributed by atoms with Crippen molar-refractivity contribution in [1.82, 2.24) is 5.32 Å². The third-order valence-corrected chi connectivity index (χ3v) is 5.57. The van der Waals surface area contributed by atoms with Crippen LogP contribution in [0.1, 0.15) is 29.5 Å². The number of alkyl carbamates (subject to hydrolysis) is 1. The molecule has 6 nitrogen and oxygen atoms in total. The van der Waals surface area contributed by atoms with E-state index >= 15 is 0 Å². The Kier molecular flexibility index (Phi) is 6.40. The summed E-state index contributed by atoms with van der Waals surface area (Å²) < 4.78 is 15.9. The summed E-state index contributed by atoms with van der Waals surface area (Å²) in [5.41, 5.74) is 5.41. The fourth-order valence-electron chi connectivity index (χ4n) is 3.88. The zero-order chi connectivity index (χ0) is 22.5. The fourth-order valence-corrected chi connectivity index (χ4v) is 3.88. The Labute approximate surface area is 187 Å². The lowest BCUT2D eigenvalue weighted by Gasteiger charge is -2.17. The highest BCUT2D eigenvalue weighted by Crippen LogP contribution is 2.44. The minimum absolute atomic E-state index is 0.0366. The summed E-state index contributed by atoms with van der Waals surface area (Å²) in [6.45, 7) is 1.87. The van der Waals surface area contributed by atoms with Gasteiger partial charge in [-0.15, -0.1) is 0 Å². The average molecular weight is 431 g/mol. The van der Waals surface area contributed by atoms with Gasteiger partial charge < -0.3 is 19.5 Å². The van der Waals surface area contributed by atoms with Gasteiger partial charge in [-0.25, -0.2) is 9.59 Å². The van der Waals surface area contributed by atoms with E-state index in [1.165, 1.54) is 0 Å². The van der Waals surface area contributed by atoms with Crippen molar-refractivity contribution >= 4 is 12.1 Å². The molecule has 0 fully saturated rings. The van der Waals surface area contributed by atoms with Crippen molar-refractivity contribution in [1.29, 1.82) is 0 Å². The van der Waals surface area contributed by atoms with Crippen molar-refractivity contribution in [3.63, 3.8) is 0 Å². The maximum atomic E-state index is 12.3. The summed E-state index contributed by atoms with van der Waals surface area (Å²) >= 11 is 0. The van der Waals surface area contributed by atoms with E-state index in [4.69, 9.17) is 14.2 Å². The maximum absolute atomic E-state index is 12.3. The van der Waals surface area contributed by atoms with Gasteiger partial charge in [0, 0.05) is 5.92 Å². The summed E-state index contributed by atoms with van der Waals surface area (Å²) in [5.74, 6) is 0.158. The van der Waals surface area contributed by atoms with E-state index in [1.54, 1.807) is 26.2 Å². The van der Waals surface area contributed by atoms with Crippen LogP contribution >= 0.6 is 0 Å². The molecule has 32 heavy (non-hydrogen) atoms. The Morgan fingerprint density at radius 3 is 2.06 bits per heavy atom. The van der Waals surface area contributed by atoms with E-state index in [1.807, 2.05) is 36.4 Å².